The van der Waals surface area contributed by atoms with Crippen molar-refractivity contribution in [3.05, 3.63) is 17.1 Å². The van der Waals surface area contributed by atoms with Gasteiger partial charge in [0.05, 0.1) is 17.1 Å². The van der Waals surface area contributed by atoms with Crippen LogP contribution in [0.4, 0.5) is 5.82 Å². The first kappa shape index (κ1) is 7.98. The maximum Gasteiger partial charge on any atom is 0.147 e. The molecule has 1 aromatic heterocycles. The van der Waals surface area contributed by atoms with Crippen LogP contribution in [0.25, 0.3) is 0 Å². The molecule has 0 aromatic carbocycles. The first-order valence-electron chi connectivity index (χ1n) is 3.64. The third-order valence-corrected chi connectivity index (χ3v) is 1.72. The fourth-order valence-corrected chi connectivity index (χ4v) is 0.952. The summed E-state index contributed by atoms with van der Waals surface area (Å²) in [5.74, 6) is 0.869. The monoisotopic (exact) mass is 151 g/mol. The summed E-state index contributed by atoms with van der Waals surface area (Å²) in [6, 6.07) is 0. The summed E-state index contributed by atoms with van der Waals surface area (Å²) in [4.78, 5) is 8.64. The molecule has 3 nitrogen and oxygen atoms in total. The number of aryl methyl sites for hydroxylation is 3. The molecule has 0 aliphatic rings. The van der Waals surface area contributed by atoms with E-state index in [0.29, 0.717) is 0 Å². The van der Waals surface area contributed by atoms with Gasteiger partial charge < -0.3 is 5.32 Å². The van der Waals surface area contributed by atoms with E-state index >= 15 is 0 Å². The lowest BCUT2D eigenvalue weighted by Crippen LogP contribution is -2.02. The summed E-state index contributed by atoms with van der Waals surface area (Å²) in [6.45, 7) is 5.88. The molecule has 0 amide bonds. The Morgan fingerprint density at radius 3 is 2.00 bits per heavy atom. The van der Waals surface area contributed by atoms with Crippen molar-refractivity contribution >= 4 is 5.82 Å². The van der Waals surface area contributed by atoms with E-state index in [1.165, 1.54) is 0 Å². The Balaban J connectivity index is 3.21. The van der Waals surface area contributed by atoms with Crippen molar-refractivity contribution in [2.24, 2.45) is 0 Å². The van der Waals surface area contributed by atoms with Crippen LogP contribution in [0, 0.1) is 20.8 Å². The third-order valence-electron chi connectivity index (χ3n) is 1.72. The summed E-state index contributed by atoms with van der Waals surface area (Å²) in [5.41, 5.74) is 2.94. The molecule has 0 spiro atoms. The van der Waals surface area contributed by atoms with E-state index in [2.05, 4.69) is 15.3 Å². The van der Waals surface area contributed by atoms with Gasteiger partial charge in [0.1, 0.15) is 5.82 Å². The second kappa shape index (κ2) is 2.86. The lowest BCUT2D eigenvalue weighted by molar-refractivity contribution is 1.00. The highest BCUT2D eigenvalue weighted by Crippen LogP contribution is 2.10. The average molecular weight is 151 g/mol. The lowest BCUT2D eigenvalue weighted by Gasteiger charge is -2.05. The standard InChI is InChI=1S/C8H13N3/c1-5-6(2)11-8(9-4)7(3)10-5/h1-4H3,(H,9,11). The number of anilines is 1. The van der Waals surface area contributed by atoms with Gasteiger partial charge in [-0.05, 0) is 20.8 Å². The summed E-state index contributed by atoms with van der Waals surface area (Å²) in [7, 11) is 1.85. The highest BCUT2D eigenvalue weighted by atomic mass is 15.0. The Labute approximate surface area is 66.9 Å². The third kappa shape index (κ3) is 1.48. The summed E-state index contributed by atoms with van der Waals surface area (Å²) in [6.07, 6.45) is 0. The molecule has 1 rings (SSSR count). The van der Waals surface area contributed by atoms with Crippen molar-refractivity contribution in [3.8, 4) is 0 Å². The predicted molar refractivity (Wildman–Crippen MR) is 45.8 cm³/mol. The Hall–Kier alpha value is -1.12. The molecule has 1 heterocycles. The molecule has 0 aliphatic heterocycles. The van der Waals surface area contributed by atoms with Gasteiger partial charge in [-0.25, -0.2) is 4.98 Å². The van der Waals surface area contributed by atoms with Gasteiger partial charge in [0.2, 0.25) is 0 Å². The zero-order valence-corrected chi connectivity index (χ0v) is 7.39. The molecular formula is C8H13N3. The molecule has 1 N–H and O–H groups in total. The van der Waals surface area contributed by atoms with Crippen LogP contribution in [0.1, 0.15) is 17.1 Å². The number of rotatable bonds is 1. The van der Waals surface area contributed by atoms with Crippen LogP contribution in [0.5, 0.6) is 0 Å². The summed E-state index contributed by atoms with van der Waals surface area (Å²) in [5, 5.41) is 2.99. The lowest BCUT2D eigenvalue weighted by atomic mass is 10.3. The topological polar surface area (TPSA) is 37.8 Å². The van der Waals surface area contributed by atoms with E-state index in [1.54, 1.807) is 0 Å². The molecule has 0 fully saturated rings. The van der Waals surface area contributed by atoms with Crippen LogP contribution in [0.3, 0.4) is 0 Å². The van der Waals surface area contributed by atoms with E-state index < -0.39 is 0 Å². The highest BCUT2D eigenvalue weighted by Gasteiger charge is 2.01. The highest BCUT2D eigenvalue weighted by molar-refractivity contribution is 5.39. The molecule has 0 bridgehead atoms. The average Bonchev–Trinajstić information content (AvgIpc) is 1.97. The van der Waals surface area contributed by atoms with Crippen LogP contribution in [0.2, 0.25) is 0 Å². The second-order valence-corrected chi connectivity index (χ2v) is 2.58. The van der Waals surface area contributed by atoms with Gasteiger partial charge in [0.25, 0.3) is 0 Å². The van der Waals surface area contributed by atoms with E-state index in [1.807, 2.05) is 27.8 Å². The molecule has 3 heteroatoms. The van der Waals surface area contributed by atoms with Gasteiger partial charge in [-0.2, -0.15) is 0 Å². The molecule has 0 saturated heterocycles. The molecule has 0 radical (unpaired) electrons. The largest absolute Gasteiger partial charge is 0.372 e. The number of nitrogens with zero attached hydrogens (tertiary/aromatic N) is 2. The normalized spacial score (nSPS) is 9.82. The van der Waals surface area contributed by atoms with Crippen molar-refractivity contribution in [2.45, 2.75) is 20.8 Å². The van der Waals surface area contributed by atoms with Gasteiger partial charge >= 0.3 is 0 Å². The summed E-state index contributed by atoms with van der Waals surface area (Å²) >= 11 is 0. The van der Waals surface area contributed by atoms with Crippen LogP contribution < -0.4 is 5.32 Å². The first-order valence-corrected chi connectivity index (χ1v) is 3.64. The van der Waals surface area contributed by atoms with Crippen LogP contribution in [0.15, 0.2) is 0 Å². The van der Waals surface area contributed by atoms with Gasteiger partial charge in [-0.3, -0.25) is 4.98 Å². The van der Waals surface area contributed by atoms with Crippen molar-refractivity contribution in [1.82, 2.24) is 9.97 Å². The fraction of sp³-hybridized carbons (Fsp3) is 0.500. The number of aromatic nitrogens is 2. The minimum atomic E-state index is 0.869. The summed E-state index contributed by atoms with van der Waals surface area (Å²) < 4.78 is 0. The molecule has 0 saturated carbocycles. The quantitative estimate of drug-likeness (QED) is 0.660. The number of hydrogen-bond acceptors (Lipinski definition) is 3. The van der Waals surface area contributed by atoms with Crippen LogP contribution in [-0.4, -0.2) is 17.0 Å². The minimum absolute atomic E-state index is 0.869. The molecule has 0 aliphatic carbocycles. The van der Waals surface area contributed by atoms with Crippen molar-refractivity contribution < 1.29 is 0 Å². The molecular weight excluding hydrogens is 138 g/mol. The molecule has 0 atom stereocenters. The van der Waals surface area contributed by atoms with E-state index in [9.17, 15) is 0 Å². The molecule has 0 unspecified atom stereocenters. The molecule has 11 heavy (non-hydrogen) atoms. The Bertz CT molecular complexity index is 268. The van der Waals surface area contributed by atoms with Crippen LogP contribution >= 0.6 is 0 Å². The minimum Gasteiger partial charge on any atom is -0.372 e. The fourth-order valence-electron chi connectivity index (χ4n) is 0.952. The second-order valence-electron chi connectivity index (χ2n) is 2.58. The number of nitrogens with one attached hydrogen (secondary N) is 1. The number of hydrogen-bond donors (Lipinski definition) is 1. The van der Waals surface area contributed by atoms with Crippen molar-refractivity contribution in [3.63, 3.8) is 0 Å². The predicted octanol–water partition coefficient (Wildman–Crippen LogP) is 1.44. The van der Waals surface area contributed by atoms with E-state index in [-0.39, 0.29) is 0 Å². The van der Waals surface area contributed by atoms with E-state index in [4.69, 9.17) is 0 Å². The zero-order valence-electron chi connectivity index (χ0n) is 7.39. The maximum absolute atomic E-state index is 4.32. The van der Waals surface area contributed by atoms with Gasteiger partial charge in [0.15, 0.2) is 0 Å². The molecule has 1 aromatic rings. The first-order chi connectivity index (χ1) is 5.15. The smallest absolute Gasteiger partial charge is 0.147 e. The SMILES string of the molecule is CNc1nc(C)c(C)nc1C. The van der Waals surface area contributed by atoms with Crippen molar-refractivity contribution in [1.29, 1.82) is 0 Å². The van der Waals surface area contributed by atoms with Crippen LogP contribution in [-0.2, 0) is 0 Å². The van der Waals surface area contributed by atoms with Gasteiger partial charge in [0, 0.05) is 7.05 Å². The van der Waals surface area contributed by atoms with Crippen molar-refractivity contribution in [2.75, 3.05) is 12.4 Å². The Morgan fingerprint density at radius 2 is 1.45 bits per heavy atom. The molecule has 60 valence electrons. The van der Waals surface area contributed by atoms with E-state index in [0.717, 1.165) is 22.9 Å². The van der Waals surface area contributed by atoms with Gasteiger partial charge in [-0.1, -0.05) is 0 Å². The maximum atomic E-state index is 4.32. The zero-order chi connectivity index (χ0) is 8.43. The Kier molecular flexibility index (Phi) is 2.08. The Morgan fingerprint density at radius 1 is 0.909 bits per heavy atom. The van der Waals surface area contributed by atoms with Gasteiger partial charge in [-0.15, -0.1) is 0 Å².